The van der Waals surface area contributed by atoms with Crippen molar-refractivity contribution in [2.75, 3.05) is 12.9 Å². The van der Waals surface area contributed by atoms with E-state index >= 15 is 0 Å². The van der Waals surface area contributed by atoms with Gasteiger partial charge in [0.15, 0.2) is 5.11 Å². The zero-order valence-corrected chi connectivity index (χ0v) is 11.1. The monoisotopic (exact) mass is 270 g/mol. The maximum absolute atomic E-state index is 5.68. The van der Waals surface area contributed by atoms with Crippen LogP contribution in [0.5, 0.6) is 0 Å². The number of hydrogen-bond acceptors (Lipinski definition) is 3. The molecule has 0 atom stereocenters. The van der Waals surface area contributed by atoms with Crippen LogP contribution in [0.4, 0.5) is 0 Å². The van der Waals surface area contributed by atoms with Crippen molar-refractivity contribution in [3.63, 3.8) is 0 Å². The minimum absolute atomic E-state index is 0.519. The molecule has 1 aromatic rings. The Morgan fingerprint density at radius 3 is 2.94 bits per heavy atom. The lowest BCUT2D eigenvalue weighted by Crippen LogP contribution is -2.41. The van der Waals surface area contributed by atoms with Gasteiger partial charge in [-0.1, -0.05) is 6.08 Å². The molecule has 0 aliphatic heterocycles. The van der Waals surface area contributed by atoms with E-state index in [1.165, 1.54) is 0 Å². The van der Waals surface area contributed by atoms with Gasteiger partial charge in [-0.15, -0.1) is 11.6 Å². The van der Waals surface area contributed by atoms with Gasteiger partial charge in [0, 0.05) is 30.9 Å². The topological polar surface area (TPSA) is 49.0 Å². The summed E-state index contributed by atoms with van der Waals surface area (Å²) in [5.74, 6) is 0.571. The molecule has 0 saturated carbocycles. The zero-order valence-electron chi connectivity index (χ0n) is 9.53. The van der Waals surface area contributed by atoms with Gasteiger partial charge in [-0.05, 0) is 30.8 Å². The highest BCUT2D eigenvalue weighted by Crippen LogP contribution is 2.09. The van der Waals surface area contributed by atoms with Crippen molar-refractivity contribution in [2.45, 2.75) is 6.42 Å². The van der Waals surface area contributed by atoms with Crippen LogP contribution in [-0.4, -0.2) is 23.0 Å². The van der Waals surface area contributed by atoms with E-state index in [-0.39, 0.29) is 0 Å². The molecular formula is C11H15ClN4S. The van der Waals surface area contributed by atoms with E-state index < -0.39 is 0 Å². The summed E-state index contributed by atoms with van der Waals surface area (Å²) in [6.07, 6.45) is 6.27. The van der Waals surface area contributed by atoms with E-state index in [1.807, 2.05) is 18.2 Å². The van der Waals surface area contributed by atoms with Gasteiger partial charge in [0.1, 0.15) is 0 Å². The predicted molar refractivity (Wildman–Crippen MR) is 75.5 cm³/mol. The van der Waals surface area contributed by atoms with Gasteiger partial charge < -0.3 is 5.32 Å². The van der Waals surface area contributed by atoms with Gasteiger partial charge in [-0.25, -0.2) is 0 Å². The van der Waals surface area contributed by atoms with Crippen LogP contribution in [0, 0.1) is 0 Å². The summed E-state index contributed by atoms with van der Waals surface area (Å²) in [4.78, 5) is 4.07. The Kier molecular flexibility index (Phi) is 6.35. The van der Waals surface area contributed by atoms with Crippen LogP contribution >= 0.6 is 23.8 Å². The van der Waals surface area contributed by atoms with Gasteiger partial charge in [-0.3, -0.25) is 15.8 Å². The molecule has 1 heterocycles. The lowest BCUT2D eigenvalue weighted by molar-refractivity contribution is 0.818. The minimum atomic E-state index is 0.519. The number of thiocarbonyl (C=S) groups is 1. The number of alkyl halides is 1. The summed E-state index contributed by atoms with van der Waals surface area (Å²) >= 11 is 10.7. The number of allylic oxidation sites excluding steroid dienone is 1. The molecule has 4 nitrogen and oxygen atoms in total. The number of pyridine rings is 1. The highest BCUT2D eigenvalue weighted by molar-refractivity contribution is 7.80. The summed E-state index contributed by atoms with van der Waals surface area (Å²) in [5.41, 5.74) is 7.78. The SMILES string of the molecule is CNC(=S)NN/C(=C/CCCl)c1cccnc1. The van der Waals surface area contributed by atoms with Crippen LogP contribution in [0.25, 0.3) is 5.70 Å². The highest BCUT2D eigenvalue weighted by Gasteiger charge is 2.00. The number of aromatic nitrogens is 1. The van der Waals surface area contributed by atoms with Crippen LogP contribution in [0.15, 0.2) is 30.6 Å². The van der Waals surface area contributed by atoms with E-state index in [9.17, 15) is 0 Å². The van der Waals surface area contributed by atoms with Gasteiger partial charge in [-0.2, -0.15) is 0 Å². The summed E-state index contributed by atoms with van der Waals surface area (Å²) in [6.45, 7) is 0. The maximum Gasteiger partial charge on any atom is 0.184 e. The predicted octanol–water partition coefficient (Wildman–Crippen LogP) is 1.65. The summed E-state index contributed by atoms with van der Waals surface area (Å²) in [6, 6.07) is 3.84. The molecular weight excluding hydrogens is 256 g/mol. The molecule has 1 rings (SSSR count). The van der Waals surface area contributed by atoms with Crippen molar-refractivity contribution in [1.29, 1.82) is 0 Å². The highest BCUT2D eigenvalue weighted by atomic mass is 35.5. The minimum Gasteiger partial charge on any atom is -0.364 e. The Balaban J connectivity index is 2.71. The Hall–Kier alpha value is -1.33. The number of hydrogen-bond donors (Lipinski definition) is 3. The van der Waals surface area contributed by atoms with E-state index in [0.717, 1.165) is 17.7 Å². The molecule has 0 bridgehead atoms. The molecule has 1 aromatic heterocycles. The summed E-state index contributed by atoms with van der Waals surface area (Å²) < 4.78 is 0. The standard InChI is InChI=1S/C11H15ClN4S/c1-13-11(17)16-15-10(5-2-6-12)9-4-3-7-14-8-9/h3-5,7-8,15H,2,6H2,1H3,(H2,13,16,17)/b10-5+. The lowest BCUT2D eigenvalue weighted by Gasteiger charge is -2.13. The molecule has 0 aliphatic rings. The normalized spacial score (nSPS) is 10.8. The Labute approximate surface area is 111 Å². The van der Waals surface area contributed by atoms with Crippen molar-refractivity contribution in [3.05, 3.63) is 36.2 Å². The second-order valence-corrected chi connectivity index (χ2v) is 3.95. The van der Waals surface area contributed by atoms with Crippen LogP contribution in [0.3, 0.4) is 0 Å². The zero-order chi connectivity index (χ0) is 12.5. The van der Waals surface area contributed by atoms with E-state index in [4.69, 9.17) is 23.8 Å². The third-order valence-corrected chi connectivity index (χ3v) is 2.49. The average Bonchev–Trinajstić information content (AvgIpc) is 2.39. The van der Waals surface area contributed by atoms with Crippen molar-refractivity contribution in [3.8, 4) is 0 Å². The molecule has 0 amide bonds. The second-order valence-electron chi connectivity index (χ2n) is 3.17. The van der Waals surface area contributed by atoms with Crippen LogP contribution in [-0.2, 0) is 0 Å². The fourth-order valence-corrected chi connectivity index (χ4v) is 1.31. The molecule has 0 radical (unpaired) electrons. The number of nitrogens with one attached hydrogen (secondary N) is 3. The number of halogens is 1. The number of nitrogens with zero attached hydrogens (tertiary/aromatic N) is 1. The molecule has 17 heavy (non-hydrogen) atoms. The van der Waals surface area contributed by atoms with Crippen LogP contribution in [0.1, 0.15) is 12.0 Å². The van der Waals surface area contributed by atoms with Crippen LogP contribution in [0.2, 0.25) is 0 Å². The molecule has 0 spiro atoms. The first-order chi connectivity index (χ1) is 8.27. The first-order valence-corrected chi connectivity index (χ1v) is 6.12. The molecule has 0 unspecified atom stereocenters. The van der Waals surface area contributed by atoms with Gasteiger partial charge in [0.05, 0.1) is 5.70 Å². The summed E-state index contributed by atoms with van der Waals surface area (Å²) in [7, 11) is 1.75. The fourth-order valence-electron chi connectivity index (χ4n) is 1.15. The molecule has 3 N–H and O–H groups in total. The Bertz CT molecular complexity index is 380. The quantitative estimate of drug-likeness (QED) is 0.432. The van der Waals surface area contributed by atoms with E-state index in [0.29, 0.717) is 11.0 Å². The molecule has 0 fully saturated rings. The van der Waals surface area contributed by atoms with Gasteiger partial charge in [0.25, 0.3) is 0 Å². The third-order valence-electron chi connectivity index (χ3n) is 1.97. The Morgan fingerprint density at radius 2 is 2.35 bits per heavy atom. The fraction of sp³-hybridized carbons (Fsp3) is 0.273. The summed E-state index contributed by atoms with van der Waals surface area (Å²) in [5, 5.41) is 3.34. The largest absolute Gasteiger partial charge is 0.364 e. The molecule has 0 aliphatic carbocycles. The molecule has 0 aromatic carbocycles. The second kappa shape index (κ2) is 7.86. The first kappa shape index (κ1) is 13.7. The van der Waals surface area contributed by atoms with E-state index in [1.54, 1.807) is 19.4 Å². The molecule has 92 valence electrons. The van der Waals surface area contributed by atoms with Crippen molar-refractivity contribution in [2.24, 2.45) is 0 Å². The lowest BCUT2D eigenvalue weighted by atomic mass is 10.2. The van der Waals surface area contributed by atoms with Crippen LogP contribution < -0.4 is 16.2 Å². The van der Waals surface area contributed by atoms with Gasteiger partial charge in [0.2, 0.25) is 0 Å². The van der Waals surface area contributed by atoms with E-state index in [2.05, 4.69) is 21.2 Å². The number of rotatable bonds is 5. The molecule has 6 heteroatoms. The average molecular weight is 271 g/mol. The van der Waals surface area contributed by atoms with Gasteiger partial charge >= 0.3 is 0 Å². The van der Waals surface area contributed by atoms with Crippen molar-refractivity contribution in [1.82, 2.24) is 21.2 Å². The van der Waals surface area contributed by atoms with Crippen molar-refractivity contribution >= 4 is 34.6 Å². The Morgan fingerprint density at radius 1 is 1.53 bits per heavy atom. The first-order valence-electron chi connectivity index (χ1n) is 5.18. The third kappa shape index (κ3) is 5.01. The van der Waals surface area contributed by atoms with Crippen molar-refractivity contribution < 1.29 is 0 Å². The smallest absolute Gasteiger partial charge is 0.184 e. The maximum atomic E-state index is 5.68. The number of hydrazine groups is 1. The molecule has 0 saturated heterocycles.